The maximum absolute atomic E-state index is 12.1. The molecule has 1 N–H and O–H groups in total. The lowest BCUT2D eigenvalue weighted by atomic mass is 10.2. The maximum atomic E-state index is 12.1. The van der Waals surface area contributed by atoms with Crippen LogP contribution in [0.2, 0.25) is 0 Å². The highest BCUT2D eigenvalue weighted by Crippen LogP contribution is 2.24. The van der Waals surface area contributed by atoms with Crippen LogP contribution in [0.5, 0.6) is 0 Å². The van der Waals surface area contributed by atoms with Crippen molar-refractivity contribution < 1.29 is 0 Å². The molecule has 4 nitrogen and oxygen atoms in total. The van der Waals surface area contributed by atoms with Crippen molar-refractivity contribution >= 4 is 31.9 Å². The molecule has 0 spiro atoms. The highest BCUT2D eigenvalue weighted by Gasteiger charge is 2.11. The van der Waals surface area contributed by atoms with Crippen LogP contribution in [0.3, 0.4) is 0 Å². The Morgan fingerprint density at radius 3 is 2.50 bits per heavy atom. The van der Waals surface area contributed by atoms with Gasteiger partial charge in [-0.05, 0) is 34.1 Å². The van der Waals surface area contributed by atoms with Gasteiger partial charge in [-0.1, -0.05) is 46.3 Å². The van der Waals surface area contributed by atoms with Crippen molar-refractivity contribution in [2.45, 2.75) is 0 Å². The number of hydrogen-bond acceptors (Lipinski definition) is 2. The van der Waals surface area contributed by atoms with Gasteiger partial charge in [0.15, 0.2) is 5.82 Å². The molecule has 0 fully saturated rings. The fourth-order valence-corrected chi connectivity index (χ4v) is 3.08. The fraction of sp³-hybridized carbons (Fsp3) is 0. The van der Waals surface area contributed by atoms with Gasteiger partial charge in [0.1, 0.15) is 0 Å². The molecule has 0 aliphatic rings. The lowest BCUT2D eigenvalue weighted by molar-refractivity contribution is 0.840. The van der Waals surface area contributed by atoms with Crippen molar-refractivity contribution in [1.29, 1.82) is 0 Å². The molecule has 3 aromatic rings. The molecule has 100 valence electrons. The van der Waals surface area contributed by atoms with Crippen molar-refractivity contribution in [2.75, 3.05) is 0 Å². The second kappa shape index (κ2) is 5.38. The van der Waals surface area contributed by atoms with Crippen LogP contribution >= 0.6 is 31.9 Å². The molecule has 0 saturated heterocycles. The summed E-state index contributed by atoms with van der Waals surface area (Å²) in [5.74, 6) is 0.547. The van der Waals surface area contributed by atoms with E-state index >= 15 is 0 Å². The van der Waals surface area contributed by atoms with Crippen molar-refractivity contribution in [1.82, 2.24) is 14.8 Å². The second-order valence-electron chi connectivity index (χ2n) is 4.15. The third-order valence-corrected chi connectivity index (χ3v) is 3.93. The molecule has 6 heteroatoms. The Bertz CT molecular complexity index is 809. The normalized spacial score (nSPS) is 10.7. The van der Waals surface area contributed by atoms with Crippen molar-refractivity contribution in [3.8, 4) is 17.1 Å². The molecule has 0 aliphatic carbocycles. The summed E-state index contributed by atoms with van der Waals surface area (Å²) in [6, 6.07) is 15.1. The minimum atomic E-state index is -0.271. The Kier molecular flexibility index (Phi) is 3.58. The number of halogens is 2. The molecular weight excluding hydrogens is 386 g/mol. The summed E-state index contributed by atoms with van der Waals surface area (Å²) in [6.45, 7) is 0. The minimum Gasteiger partial charge on any atom is -0.288 e. The number of aromatic nitrogens is 3. The number of nitrogens with zero attached hydrogens (tertiary/aromatic N) is 2. The van der Waals surface area contributed by atoms with E-state index in [9.17, 15) is 4.79 Å². The first-order chi connectivity index (χ1) is 9.65. The minimum absolute atomic E-state index is 0.271. The molecule has 20 heavy (non-hydrogen) atoms. The van der Waals surface area contributed by atoms with E-state index in [4.69, 9.17) is 0 Å². The highest BCUT2D eigenvalue weighted by atomic mass is 79.9. The standard InChI is InChI=1S/C14H9Br2N3O/c15-10-6-7-12(11(16)8-10)19-14(20)17-13(18-19)9-4-2-1-3-5-9/h1-8H,(H,17,18,20). The van der Waals surface area contributed by atoms with Gasteiger partial charge in [-0.3, -0.25) is 4.98 Å². The lowest BCUT2D eigenvalue weighted by Gasteiger charge is -2.03. The highest BCUT2D eigenvalue weighted by molar-refractivity contribution is 9.11. The molecular formula is C14H9Br2N3O. The van der Waals surface area contributed by atoms with Crippen LogP contribution in [0.25, 0.3) is 17.1 Å². The smallest absolute Gasteiger partial charge is 0.288 e. The van der Waals surface area contributed by atoms with Crippen LogP contribution in [0.15, 0.2) is 62.3 Å². The van der Waals surface area contributed by atoms with E-state index in [1.807, 2.05) is 48.5 Å². The number of benzene rings is 2. The molecule has 2 aromatic carbocycles. The first-order valence-corrected chi connectivity index (χ1v) is 7.44. The molecule has 0 bridgehead atoms. The molecule has 0 amide bonds. The molecule has 0 aliphatic heterocycles. The summed E-state index contributed by atoms with van der Waals surface area (Å²) in [5, 5.41) is 4.34. The van der Waals surface area contributed by atoms with Gasteiger partial charge >= 0.3 is 5.69 Å². The van der Waals surface area contributed by atoms with Crippen LogP contribution in [0.4, 0.5) is 0 Å². The van der Waals surface area contributed by atoms with Crippen LogP contribution in [0, 0.1) is 0 Å². The number of aromatic amines is 1. The van der Waals surface area contributed by atoms with E-state index in [1.165, 1.54) is 4.68 Å². The zero-order valence-electron chi connectivity index (χ0n) is 10.2. The van der Waals surface area contributed by atoms with E-state index in [-0.39, 0.29) is 5.69 Å². The predicted molar refractivity (Wildman–Crippen MR) is 85.0 cm³/mol. The third kappa shape index (κ3) is 2.48. The average Bonchev–Trinajstić information content (AvgIpc) is 2.82. The zero-order chi connectivity index (χ0) is 14.1. The Morgan fingerprint density at radius 2 is 1.80 bits per heavy atom. The second-order valence-corrected chi connectivity index (χ2v) is 5.92. The van der Waals surface area contributed by atoms with E-state index in [1.54, 1.807) is 0 Å². The van der Waals surface area contributed by atoms with Crippen molar-refractivity contribution in [2.24, 2.45) is 0 Å². The topological polar surface area (TPSA) is 50.7 Å². The van der Waals surface area contributed by atoms with Crippen molar-refractivity contribution in [3.05, 3.63) is 68.0 Å². The summed E-state index contributed by atoms with van der Waals surface area (Å²) in [4.78, 5) is 14.8. The van der Waals surface area contributed by atoms with Crippen LogP contribution < -0.4 is 5.69 Å². The molecule has 0 saturated carbocycles. The Labute approximate surface area is 131 Å². The average molecular weight is 395 g/mol. The predicted octanol–water partition coefficient (Wildman–Crippen LogP) is 3.75. The molecule has 0 radical (unpaired) electrons. The summed E-state index contributed by atoms with van der Waals surface area (Å²) >= 11 is 6.82. The van der Waals surface area contributed by atoms with Gasteiger partial charge in [0, 0.05) is 14.5 Å². The van der Waals surface area contributed by atoms with Gasteiger partial charge in [-0.2, -0.15) is 4.68 Å². The zero-order valence-corrected chi connectivity index (χ0v) is 13.3. The van der Waals surface area contributed by atoms with E-state index in [0.717, 1.165) is 14.5 Å². The number of H-pyrrole nitrogens is 1. The van der Waals surface area contributed by atoms with Crippen LogP contribution in [-0.4, -0.2) is 14.8 Å². The monoisotopic (exact) mass is 393 g/mol. The summed E-state index contributed by atoms with van der Waals surface area (Å²) < 4.78 is 3.07. The Morgan fingerprint density at radius 1 is 1.05 bits per heavy atom. The van der Waals surface area contributed by atoms with E-state index in [2.05, 4.69) is 41.9 Å². The van der Waals surface area contributed by atoms with Gasteiger partial charge in [0.25, 0.3) is 0 Å². The SMILES string of the molecule is O=c1[nH]c(-c2ccccc2)nn1-c1ccc(Br)cc1Br. The molecule has 1 heterocycles. The quantitative estimate of drug-likeness (QED) is 0.719. The van der Waals surface area contributed by atoms with Gasteiger partial charge in [0.05, 0.1) is 5.69 Å². The third-order valence-electron chi connectivity index (χ3n) is 2.80. The molecule has 3 rings (SSSR count). The largest absolute Gasteiger partial charge is 0.348 e. The molecule has 0 atom stereocenters. The molecule has 1 aromatic heterocycles. The molecule has 0 unspecified atom stereocenters. The Hall–Kier alpha value is -1.66. The number of rotatable bonds is 2. The number of nitrogens with one attached hydrogen (secondary N) is 1. The lowest BCUT2D eigenvalue weighted by Crippen LogP contribution is -2.16. The van der Waals surface area contributed by atoms with Gasteiger partial charge in [0.2, 0.25) is 0 Å². The maximum Gasteiger partial charge on any atom is 0.348 e. The number of hydrogen-bond donors (Lipinski definition) is 1. The first kappa shape index (κ1) is 13.3. The fourth-order valence-electron chi connectivity index (χ4n) is 1.87. The van der Waals surface area contributed by atoms with E-state index in [0.29, 0.717) is 11.5 Å². The van der Waals surface area contributed by atoms with E-state index < -0.39 is 0 Å². The first-order valence-electron chi connectivity index (χ1n) is 5.85. The summed E-state index contributed by atoms with van der Waals surface area (Å²) in [7, 11) is 0. The summed E-state index contributed by atoms with van der Waals surface area (Å²) in [5.41, 5.74) is 1.29. The summed E-state index contributed by atoms with van der Waals surface area (Å²) in [6.07, 6.45) is 0. The van der Waals surface area contributed by atoms with Gasteiger partial charge < -0.3 is 0 Å². The van der Waals surface area contributed by atoms with Crippen molar-refractivity contribution in [3.63, 3.8) is 0 Å². The Balaban J connectivity index is 2.12. The van der Waals surface area contributed by atoms with Crippen LogP contribution in [0.1, 0.15) is 0 Å². The van der Waals surface area contributed by atoms with Crippen LogP contribution in [-0.2, 0) is 0 Å². The van der Waals surface area contributed by atoms with Gasteiger partial charge in [-0.25, -0.2) is 4.79 Å². The van der Waals surface area contributed by atoms with Gasteiger partial charge in [-0.15, -0.1) is 5.10 Å².